The Kier molecular flexibility index (Phi) is 3.82. The van der Waals surface area contributed by atoms with Gasteiger partial charge < -0.3 is 5.32 Å². The third-order valence-electron chi connectivity index (χ3n) is 3.76. The van der Waals surface area contributed by atoms with E-state index in [9.17, 15) is 4.79 Å². The third kappa shape index (κ3) is 2.68. The first-order chi connectivity index (χ1) is 8.17. The molecule has 1 aromatic rings. The van der Waals surface area contributed by atoms with Crippen LogP contribution in [-0.4, -0.2) is 17.4 Å². The SMILES string of the molecule is CCC1(CNC(=O)c2ncccc2Br)CCC1. The van der Waals surface area contributed by atoms with Crippen LogP contribution in [0.5, 0.6) is 0 Å². The van der Waals surface area contributed by atoms with E-state index in [0.29, 0.717) is 11.1 Å². The highest BCUT2D eigenvalue weighted by Gasteiger charge is 2.35. The predicted octanol–water partition coefficient (Wildman–Crippen LogP) is 3.15. The molecule has 1 saturated carbocycles. The summed E-state index contributed by atoms with van der Waals surface area (Å²) in [7, 11) is 0. The second-order valence-corrected chi connectivity index (χ2v) is 5.58. The van der Waals surface area contributed by atoms with E-state index >= 15 is 0 Å². The number of rotatable bonds is 4. The van der Waals surface area contributed by atoms with Gasteiger partial charge in [0.05, 0.1) is 0 Å². The second-order valence-electron chi connectivity index (χ2n) is 4.72. The van der Waals surface area contributed by atoms with Crippen LogP contribution in [0.3, 0.4) is 0 Å². The third-order valence-corrected chi connectivity index (χ3v) is 4.40. The van der Waals surface area contributed by atoms with Crippen LogP contribution >= 0.6 is 15.9 Å². The van der Waals surface area contributed by atoms with Gasteiger partial charge in [-0.3, -0.25) is 4.79 Å². The van der Waals surface area contributed by atoms with Crippen molar-refractivity contribution in [2.75, 3.05) is 6.54 Å². The molecule has 1 aliphatic carbocycles. The molecule has 1 N–H and O–H groups in total. The first-order valence-electron chi connectivity index (χ1n) is 6.06. The van der Waals surface area contributed by atoms with Gasteiger partial charge >= 0.3 is 0 Å². The highest BCUT2D eigenvalue weighted by molar-refractivity contribution is 9.10. The van der Waals surface area contributed by atoms with E-state index in [2.05, 4.69) is 33.2 Å². The van der Waals surface area contributed by atoms with Crippen molar-refractivity contribution in [2.45, 2.75) is 32.6 Å². The molecule has 0 spiro atoms. The zero-order valence-corrected chi connectivity index (χ0v) is 11.6. The minimum Gasteiger partial charge on any atom is -0.350 e. The average molecular weight is 297 g/mol. The van der Waals surface area contributed by atoms with Gasteiger partial charge in [0.2, 0.25) is 0 Å². The van der Waals surface area contributed by atoms with Gasteiger partial charge in [-0.15, -0.1) is 0 Å². The van der Waals surface area contributed by atoms with Gasteiger partial charge in [-0.05, 0) is 52.7 Å². The molecule has 1 aliphatic rings. The van der Waals surface area contributed by atoms with Crippen molar-refractivity contribution < 1.29 is 4.79 Å². The fraction of sp³-hybridized carbons (Fsp3) is 0.538. The maximum Gasteiger partial charge on any atom is 0.271 e. The summed E-state index contributed by atoms with van der Waals surface area (Å²) in [5.74, 6) is -0.0859. The Morgan fingerprint density at radius 3 is 2.88 bits per heavy atom. The van der Waals surface area contributed by atoms with E-state index in [1.807, 2.05) is 6.07 Å². The fourth-order valence-electron chi connectivity index (χ4n) is 2.24. The van der Waals surface area contributed by atoms with Gasteiger partial charge in [-0.2, -0.15) is 0 Å². The first-order valence-corrected chi connectivity index (χ1v) is 6.85. The maximum atomic E-state index is 12.0. The molecular weight excluding hydrogens is 280 g/mol. The van der Waals surface area contributed by atoms with Crippen molar-refractivity contribution in [3.8, 4) is 0 Å². The van der Waals surface area contributed by atoms with E-state index in [4.69, 9.17) is 0 Å². The Morgan fingerprint density at radius 2 is 2.35 bits per heavy atom. The molecule has 0 atom stereocenters. The lowest BCUT2D eigenvalue weighted by molar-refractivity contribution is 0.0845. The Morgan fingerprint density at radius 1 is 1.59 bits per heavy atom. The molecule has 0 bridgehead atoms. The number of hydrogen-bond donors (Lipinski definition) is 1. The van der Waals surface area contributed by atoms with E-state index in [1.165, 1.54) is 19.3 Å². The molecule has 3 nitrogen and oxygen atoms in total. The highest BCUT2D eigenvalue weighted by atomic mass is 79.9. The van der Waals surface area contributed by atoms with Crippen molar-refractivity contribution in [2.24, 2.45) is 5.41 Å². The van der Waals surface area contributed by atoms with Crippen LogP contribution in [0.1, 0.15) is 43.1 Å². The van der Waals surface area contributed by atoms with Gasteiger partial charge in [-0.1, -0.05) is 13.3 Å². The van der Waals surface area contributed by atoms with Crippen LogP contribution in [0.25, 0.3) is 0 Å². The summed E-state index contributed by atoms with van der Waals surface area (Å²) < 4.78 is 0.747. The molecule has 1 aromatic heterocycles. The monoisotopic (exact) mass is 296 g/mol. The lowest BCUT2D eigenvalue weighted by Gasteiger charge is -2.41. The molecule has 1 fully saturated rings. The molecule has 1 heterocycles. The molecule has 1 amide bonds. The van der Waals surface area contributed by atoms with E-state index in [1.54, 1.807) is 12.3 Å². The quantitative estimate of drug-likeness (QED) is 0.927. The van der Waals surface area contributed by atoms with Crippen LogP contribution in [0.15, 0.2) is 22.8 Å². The largest absolute Gasteiger partial charge is 0.350 e. The number of carbonyl (C=O) groups is 1. The van der Waals surface area contributed by atoms with Crippen LogP contribution in [0, 0.1) is 5.41 Å². The van der Waals surface area contributed by atoms with Crippen molar-refractivity contribution >= 4 is 21.8 Å². The molecule has 4 heteroatoms. The summed E-state index contributed by atoms with van der Waals surface area (Å²) in [5, 5.41) is 3.00. The molecule has 2 rings (SSSR count). The minimum atomic E-state index is -0.0859. The van der Waals surface area contributed by atoms with Gasteiger partial charge in [0.25, 0.3) is 5.91 Å². The molecule has 0 aromatic carbocycles. The zero-order valence-electron chi connectivity index (χ0n) is 10.0. The van der Waals surface area contributed by atoms with Gasteiger partial charge in [0, 0.05) is 17.2 Å². The van der Waals surface area contributed by atoms with E-state index in [-0.39, 0.29) is 5.91 Å². The van der Waals surface area contributed by atoms with E-state index in [0.717, 1.165) is 17.4 Å². The maximum absolute atomic E-state index is 12.0. The topological polar surface area (TPSA) is 42.0 Å². The zero-order chi connectivity index (χ0) is 12.3. The lowest BCUT2D eigenvalue weighted by atomic mass is 9.67. The molecule has 92 valence electrons. The lowest BCUT2D eigenvalue weighted by Crippen LogP contribution is -2.41. The van der Waals surface area contributed by atoms with Crippen molar-refractivity contribution in [1.29, 1.82) is 0 Å². The molecule has 17 heavy (non-hydrogen) atoms. The summed E-state index contributed by atoms with van der Waals surface area (Å²) in [6, 6.07) is 3.64. The summed E-state index contributed by atoms with van der Waals surface area (Å²) >= 11 is 3.34. The fourth-order valence-corrected chi connectivity index (χ4v) is 2.67. The average Bonchev–Trinajstić information content (AvgIpc) is 2.28. The molecule has 0 saturated heterocycles. The second kappa shape index (κ2) is 5.17. The van der Waals surface area contributed by atoms with Crippen molar-refractivity contribution in [3.63, 3.8) is 0 Å². The van der Waals surface area contributed by atoms with E-state index < -0.39 is 0 Å². The Bertz CT molecular complexity index is 410. The van der Waals surface area contributed by atoms with Crippen LogP contribution in [-0.2, 0) is 0 Å². The number of nitrogens with one attached hydrogen (secondary N) is 1. The number of carbonyl (C=O) groups excluding carboxylic acids is 1. The Balaban J connectivity index is 1.96. The standard InChI is InChI=1S/C13H17BrN2O/c1-2-13(6-4-7-13)9-16-12(17)11-10(14)5-3-8-15-11/h3,5,8H,2,4,6-7,9H2,1H3,(H,16,17). The summed E-state index contributed by atoms with van der Waals surface area (Å²) in [6.07, 6.45) is 6.52. The molecule has 0 radical (unpaired) electrons. The van der Waals surface area contributed by atoms with Crippen LogP contribution in [0.4, 0.5) is 0 Å². The first kappa shape index (κ1) is 12.6. The molecule has 0 aliphatic heterocycles. The normalized spacial score (nSPS) is 17.3. The van der Waals surface area contributed by atoms with Crippen molar-refractivity contribution in [3.05, 3.63) is 28.5 Å². The summed E-state index contributed by atoms with van der Waals surface area (Å²) in [5.41, 5.74) is 0.815. The predicted molar refractivity (Wildman–Crippen MR) is 70.8 cm³/mol. The smallest absolute Gasteiger partial charge is 0.271 e. The van der Waals surface area contributed by atoms with Gasteiger partial charge in [0.15, 0.2) is 0 Å². The summed E-state index contributed by atoms with van der Waals surface area (Å²) in [4.78, 5) is 16.1. The van der Waals surface area contributed by atoms with Crippen LogP contribution < -0.4 is 5.32 Å². The Labute approximate surface area is 110 Å². The van der Waals surface area contributed by atoms with Gasteiger partial charge in [0.1, 0.15) is 5.69 Å². The number of halogens is 1. The molecular formula is C13H17BrN2O. The van der Waals surface area contributed by atoms with Gasteiger partial charge in [-0.25, -0.2) is 4.98 Å². The van der Waals surface area contributed by atoms with Crippen LogP contribution in [0.2, 0.25) is 0 Å². The molecule has 0 unspecified atom stereocenters. The number of amides is 1. The summed E-state index contributed by atoms with van der Waals surface area (Å²) in [6.45, 7) is 2.97. The Hall–Kier alpha value is -0.900. The number of hydrogen-bond acceptors (Lipinski definition) is 2. The minimum absolute atomic E-state index is 0.0859. The highest BCUT2D eigenvalue weighted by Crippen LogP contribution is 2.43. The number of aromatic nitrogens is 1. The number of nitrogens with zero attached hydrogens (tertiary/aromatic N) is 1. The number of pyridine rings is 1. The van der Waals surface area contributed by atoms with Crippen molar-refractivity contribution in [1.82, 2.24) is 10.3 Å².